The van der Waals surface area contributed by atoms with Crippen molar-refractivity contribution in [1.29, 1.82) is 0 Å². The first kappa shape index (κ1) is 14.2. The summed E-state index contributed by atoms with van der Waals surface area (Å²) >= 11 is 3.48. The number of unbranched alkanes of at least 4 members (excludes halogenated alkanes) is 1. The Bertz CT molecular complexity index is 533. The van der Waals surface area contributed by atoms with Crippen LogP contribution in [0.1, 0.15) is 19.8 Å². The van der Waals surface area contributed by atoms with Gasteiger partial charge in [-0.1, -0.05) is 15.9 Å². The molecule has 0 aliphatic heterocycles. The fourth-order valence-corrected chi connectivity index (χ4v) is 2.21. The number of aromatic nitrogens is 2. The first-order valence-electron chi connectivity index (χ1n) is 6.53. The average Bonchev–Trinajstić information content (AvgIpc) is 2.43. The summed E-state index contributed by atoms with van der Waals surface area (Å²) in [6, 6.07) is 6.01. The fraction of sp³-hybridized carbons (Fsp3) is 0.429. The van der Waals surface area contributed by atoms with E-state index in [2.05, 4.69) is 31.2 Å². The van der Waals surface area contributed by atoms with E-state index in [1.807, 2.05) is 25.1 Å². The first-order valence-corrected chi connectivity index (χ1v) is 7.32. The Morgan fingerprint density at radius 3 is 3.00 bits per heavy atom. The lowest BCUT2D eigenvalue weighted by molar-refractivity contribution is 0.144. The van der Waals surface area contributed by atoms with Crippen molar-refractivity contribution >= 4 is 32.7 Å². The van der Waals surface area contributed by atoms with Crippen LogP contribution in [0.25, 0.3) is 10.9 Å². The minimum Gasteiger partial charge on any atom is -0.382 e. The van der Waals surface area contributed by atoms with Crippen molar-refractivity contribution in [3.8, 4) is 0 Å². The zero-order valence-corrected chi connectivity index (χ0v) is 12.6. The van der Waals surface area contributed by atoms with Gasteiger partial charge < -0.3 is 10.1 Å². The van der Waals surface area contributed by atoms with Crippen LogP contribution in [0.5, 0.6) is 0 Å². The van der Waals surface area contributed by atoms with Crippen molar-refractivity contribution in [1.82, 2.24) is 9.97 Å². The predicted octanol–water partition coefficient (Wildman–Crippen LogP) is 3.62. The van der Waals surface area contributed by atoms with Gasteiger partial charge in [0, 0.05) is 29.6 Å². The zero-order chi connectivity index (χ0) is 13.5. The molecule has 0 saturated carbocycles. The number of nitrogens with one attached hydrogen (secondary N) is 1. The van der Waals surface area contributed by atoms with Gasteiger partial charge in [0.2, 0.25) is 0 Å². The second-order valence-corrected chi connectivity index (χ2v) is 5.13. The average molecular weight is 324 g/mol. The van der Waals surface area contributed by atoms with E-state index >= 15 is 0 Å². The second kappa shape index (κ2) is 7.40. The first-order chi connectivity index (χ1) is 9.31. The lowest BCUT2D eigenvalue weighted by Crippen LogP contribution is -2.05. The van der Waals surface area contributed by atoms with Crippen molar-refractivity contribution in [3.05, 3.63) is 29.0 Å². The summed E-state index contributed by atoms with van der Waals surface area (Å²) in [4.78, 5) is 8.57. The number of ether oxygens (including phenoxy) is 1. The smallest absolute Gasteiger partial charge is 0.137 e. The van der Waals surface area contributed by atoms with Crippen LogP contribution >= 0.6 is 15.9 Å². The number of hydrogen-bond acceptors (Lipinski definition) is 4. The molecule has 0 aliphatic rings. The number of benzene rings is 1. The molecular formula is C14H18BrN3O. The van der Waals surface area contributed by atoms with E-state index in [0.717, 1.165) is 53.8 Å². The Morgan fingerprint density at radius 2 is 2.16 bits per heavy atom. The zero-order valence-electron chi connectivity index (χ0n) is 11.0. The normalized spacial score (nSPS) is 10.8. The van der Waals surface area contributed by atoms with Gasteiger partial charge in [-0.05, 0) is 38.0 Å². The van der Waals surface area contributed by atoms with Crippen LogP contribution in [0.3, 0.4) is 0 Å². The van der Waals surface area contributed by atoms with Gasteiger partial charge in [-0.3, -0.25) is 0 Å². The summed E-state index contributed by atoms with van der Waals surface area (Å²) in [7, 11) is 0. The van der Waals surface area contributed by atoms with Gasteiger partial charge in [0.05, 0.1) is 5.52 Å². The molecule has 1 aromatic heterocycles. The van der Waals surface area contributed by atoms with Gasteiger partial charge in [0.1, 0.15) is 12.1 Å². The highest BCUT2D eigenvalue weighted by Crippen LogP contribution is 2.23. The molecule has 0 amide bonds. The molecule has 0 fully saturated rings. The molecule has 19 heavy (non-hydrogen) atoms. The number of anilines is 1. The van der Waals surface area contributed by atoms with Crippen molar-refractivity contribution < 1.29 is 4.74 Å². The van der Waals surface area contributed by atoms with Gasteiger partial charge in [0.15, 0.2) is 0 Å². The monoisotopic (exact) mass is 323 g/mol. The number of hydrogen-bond donors (Lipinski definition) is 1. The van der Waals surface area contributed by atoms with Crippen molar-refractivity contribution in [3.63, 3.8) is 0 Å². The van der Waals surface area contributed by atoms with Crippen LogP contribution in [0.15, 0.2) is 29.0 Å². The van der Waals surface area contributed by atoms with E-state index in [0.29, 0.717) is 0 Å². The van der Waals surface area contributed by atoms with Crippen molar-refractivity contribution in [2.75, 3.05) is 25.1 Å². The number of rotatable bonds is 7. The van der Waals surface area contributed by atoms with E-state index < -0.39 is 0 Å². The van der Waals surface area contributed by atoms with Crippen molar-refractivity contribution in [2.24, 2.45) is 0 Å². The summed E-state index contributed by atoms with van der Waals surface area (Å²) in [6.45, 7) is 4.53. The Labute approximate surface area is 121 Å². The highest BCUT2D eigenvalue weighted by atomic mass is 79.9. The summed E-state index contributed by atoms with van der Waals surface area (Å²) in [5.74, 6) is 0.891. The molecular weight excluding hydrogens is 306 g/mol. The quantitative estimate of drug-likeness (QED) is 0.790. The Hall–Kier alpha value is -1.20. The van der Waals surface area contributed by atoms with E-state index in [-0.39, 0.29) is 0 Å². The largest absolute Gasteiger partial charge is 0.382 e. The van der Waals surface area contributed by atoms with Crippen LogP contribution in [-0.4, -0.2) is 29.7 Å². The lowest BCUT2D eigenvalue weighted by atomic mass is 10.2. The number of fused-ring (bicyclic) bond motifs is 1. The van der Waals surface area contributed by atoms with E-state index in [1.165, 1.54) is 0 Å². The van der Waals surface area contributed by atoms with Crippen LogP contribution in [0, 0.1) is 0 Å². The molecule has 2 aromatic rings. The molecule has 0 spiro atoms. The summed E-state index contributed by atoms with van der Waals surface area (Å²) in [5.41, 5.74) is 0.954. The molecule has 1 heterocycles. The SMILES string of the molecule is CCOCCCCNc1ncnc2ccc(Br)cc12. The van der Waals surface area contributed by atoms with E-state index in [1.54, 1.807) is 6.33 Å². The van der Waals surface area contributed by atoms with Crippen molar-refractivity contribution in [2.45, 2.75) is 19.8 Å². The molecule has 4 nitrogen and oxygen atoms in total. The third kappa shape index (κ3) is 4.14. The lowest BCUT2D eigenvalue weighted by Gasteiger charge is -2.08. The van der Waals surface area contributed by atoms with E-state index in [9.17, 15) is 0 Å². The van der Waals surface area contributed by atoms with Crippen LogP contribution in [0.4, 0.5) is 5.82 Å². The van der Waals surface area contributed by atoms with E-state index in [4.69, 9.17) is 4.74 Å². The molecule has 102 valence electrons. The van der Waals surface area contributed by atoms with Crippen LogP contribution in [0.2, 0.25) is 0 Å². The van der Waals surface area contributed by atoms with Gasteiger partial charge in [-0.25, -0.2) is 9.97 Å². The highest BCUT2D eigenvalue weighted by Gasteiger charge is 2.03. The van der Waals surface area contributed by atoms with Gasteiger partial charge in [0.25, 0.3) is 0 Å². The standard InChI is InChI=1S/C14H18BrN3O/c1-2-19-8-4-3-7-16-14-12-9-11(15)5-6-13(12)17-10-18-14/h5-6,9-10H,2-4,7-8H2,1H3,(H,16,17,18). The predicted molar refractivity (Wildman–Crippen MR) is 81.5 cm³/mol. The summed E-state index contributed by atoms with van der Waals surface area (Å²) in [5, 5.41) is 4.41. The maximum absolute atomic E-state index is 5.31. The Balaban J connectivity index is 1.95. The topological polar surface area (TPSA) is 47.0 Å². The minimum absolute atomic E-state index is 0.790. The third-order valence-electron chi connectivity index (χ3n) is 2.81. The molecule has 0 aliphatic carbocycles. The van der Waals surface area contributed by atoms with Crippen LogP contribution < -0.4 is 5.32 Å². The summed E-state index contributed by atoms with van der Waals surface area (Å²) in [6.07, 6.45) is 3.73. The van der Waals surface area contributed by atoms with Gasteiger partial charge in [-0.2, -0.15) is 0 Å². The molecule has 0 atom stereocenters. The maximum atomic E-state index is 5.31. The molecule has 1 aromatic carbocycles. The number of nitrogens with zero attached hydrogens (tertiary/aromatic N) is 2. The van der Waals surface area contributed by atoms with Gasteiger partial charge in [-0.15, -0.1) is 0 Å². The number of halogens is 1. The third-order valence-corrected chi connectivity index (χ3v) is 3.30. The Morgan fingerprint density at radius 1 is 1.26 bits per heavy atom. The molecule has 5 heteroatoms. The second-order valence-electron chi connectivity index (χ2n) is 4.21. The highest BCUT2D eigenvalue weighted by molar-refractivity contribution is 9.10. The molecule has 0 saturated heterocycles. The molecule has 0 unspecified atom stereocenters. The Kier molecular flexibility index (Phi) is 5.54. The summed E-state index contributed by atoms with van der Waals surface area (Å²) < 4.78 is 6.35. The molecule has 0 radical (unpaired) electrons. The fourth-order valence-electron chi connectivity index (χ4n) is 1.85. The molecule has 0 bridgehead atoms. The van der Waals surface area contributed by atoms with Crippen LogP contribution in [-0.2, 0) is 4.74 Å². The maximum Gasteiger partial charge on any atom is 0.137 e. The molecule has 1 N–H and O–H groups in total. The van der Waals surface area contributed by atoms with Gasteiger partial charge >= 0.3 is 0 Å². The molecule has 2 rings (SSSR count). The minimum atomic E-state index is 0.790.